The number of hydrogen-bond donors (Lipinski definition) is 0. The number of nitrogens with zero attached hydrogens (tertiary/aromatic N) is 2. The molecular formula is C9H12N2S2. The van der Waals surface area contributed by atoms with Gasteiger partial charge in [-0.1, -0.05) is 6.92 Å². The first-order valence-electron chi connectivity index (χ1n) is 4.39. The summed E-state index contributed by atoms with van der Waals surface area (Å²) in [6.07, 6.45) is 3.32. The molecule has 4 heteroatoms. The normalized spacial score (nSPS) is 33.1. The summed E-state index contributed by atoms with van der Waals surface area (Å²) < 4.78 is 0. The van der Waals surface area contributed by atoms with Crippen LogP contribution in [-0.4, -0.2) is 16.5 Å². The lowest BCUT2D eigenvalue weighted by Crippen LogP contribution is -2.28. The second-order valence-electron chi connectivity index (χ2n) is 3.45. The third kappa shape index (κ3) is 3.11. The van der Waals surface area contributed by atoms with E-state index in [-0.39, 0.29) is 6.04 Å². The van der Waals surface area contributed by atoms with E-state index >= 15 is 0 Å². The van der Waals surface area contributed by atoms with Crippen LogP contribution in [0.15, 0.2) is 4.99 Å². The molecule has 3 unspecified atom stereocenters. The van der Waals surface area contributed by atoms with Gasteiger partial charge in [-0.3, -0.25) is 0 Å². The summed E-state index contributed by atoms with van der Waals surface area (Å²) >= 11 is 5.93. The lowest BCUT2D eigenvalue weighted by molar-refractivity contribution is 0.355. The predicted octanol–water partition coefficient (Wildman–Crippen LogP) is 2.86. The van der Waals surface area contributed by atoms with Crippen molar-refractivity contribution in [1.82, 2.24) is 0 Å². The van der Waals surface area contributed by atoms with Crippen molar-refractivity contribution in [3.63, 3.8) is 0 Å². The summed E-state index contributed by atoms with van der Waals surface area (Å²) in [5.74, 6) is 0.702. The molecule has 3 atom stereocenters. The van der Waals surface area contributed by atoms with Crippen molar-refractivity contribution in [1.29, 1.82) is 5.26 Å². The van der Waals surface area contributed by atoms with Crippen LogP contribution in [0.4, 0.5) is 0 Å². The Labute approximate surface area is 88.4 Å². The molecule has 0 radical (unpaired) electrons. The van der Waals surface area contributed by atoms with E-state index in [1.54, 1.807) is 0 Å². The van der Waals surface area contributed by atoms with Gasteiger partial charge in [0.1, 0.15) is 5.40 Å². The minimum Gasteiger partial charge on any atom is -0.228 e. The first-order valence-corrected chi connectivity index (χ1v) is 5.68. The molecule has 0 saturated heterocycles. The minimum atomic E-state index is 0.214. The fourth-order valence-corrected chi connectivity index (χ4v) is 2.59. The van der Waals surface area contributed by atoms with E-state index in [4.69, 9.17) is 5.26 Å². The summed E-state index contributed by atoms with van der Waals surface area (Å²) in [6, 6.07) is 0.214. The zero-order chi connectivity index (χ0) is 9.68. The molecule has 0 heterocycles. The first kappa shape index (κ1) is 10.7. The van der Waals surface area contributed by atoms with Crippen LogP contribution >= 0.6 is 24.0 Å². The number of thiocyanates is 1. The van der Waals surface area contributed by atoms with E-state index in [1.807, 2.05) is 0 Å². The Morgan fingerprint density at radius 3 is 2.92 bits per heavy atom. The maximum Gasteiger partial charge on any atom is 0.133 e. The molecule has 1 aliphatic rings. The Balaban J connectivity index is 2.61. The van der Waals surface area contributed by atoms with Crippen molar-refractivity contribution in [2.24, 2.45) is 10.9 Å². The van der Waals surface area contributed by atoms with Crippen LogP contribution in [0.1, 0.15) is 26.2 Å². The minimum absolute atomic E-state index is 0.214. The molecule has 0 bridgehead atoms. The topological polar surface area (TPSA) is 36.1 Å². The lowest BCUT2D eigenvalue weighted by Gasteiger charge is -2.29. The van der Waals surface area contributed by atoms with Crippen LogP contribution in [0.5, 0.6) is 0 Å². The average Bonchev–Trinajstić information content (AvgIpc) is 2.10. The Kier molecular flexibility index (Phi) is 4.44. The molecule has 70 valence electrons. The Bertz CT molecular complexity index is 253. The second-order valence-corrected chi connectivity index (χ2v) is 4.66. The van der Waals surface area contributed by atoms with Crippen molar-refractivity contribution in [3.05, 3.63) is 0 Å². The van der Waals surface area contributed by atoms with E-state index < -0.39 is 0 Å². The van der Waals surface area contributed by atoms with Crippen LogP contribution in [0.25, 0.3) is 0 Å². The lowest BCUT2D eigenvalue weighted by atomic mass is 9.87. The molecule has 1 saturated carbocycles. The molecule has 2 nitrogen and oxygen atoms in total. The number of isothiocyanates is 1. The van der Waals surface area contributed by atoms with Gasteiger partial charge in [0.2, 0.25) is 0 Å². The Morgan fingerprint density at radius 2 is 2.31 bits per heavy atom. The van der Waals surface area contributed by atoms with Crippen LogP contribution in [0, 0.1) is 16.6 Å². The van der Waals surface area contributed by atoms with Gasteiger partial charge in [0.05, 0.1) is 11.2 Å². The number of thioether (sulfide) groups is 1. The molecule has 1 fully saturated rings. The van der Waals surface area contributed by atoms with Crippen LogP contribution in [0.2, 0.25) is 0 Å². The van der Waals surface area contributed by atoms with E-state index in [9.17, 15) is 0 Å². The largest absolute Gasteiger partial charge is 0.228 e. The highest BCUT2D eigenvalue weighted by Gasteiger charge is 2.28. The van der Waals surface area contributed by atoms with Crippen molar-refractivity contribution in [2.75, 3.05) is 0 Å². The molecule has 0 aliphatic heterocycles. The van der Waals surface area contributed by atoms with Gasteiger partial charge >= 0.3 is 0 Å². The van der Waals surface area contributed by atoms with E-state index in [0.29, 0.717) is 11.2 Å². The average molecular weight is 212 g/mol. The quantitative estimate of drug-likeness (QED) is 0.401. The molecule has 0 amide bonds. The van der Waals surface area contributed by atoms with Gasteiger partial charge in [0.25, 0.3) is 0 Å². The monoisotopic (exact) mass is 212 g/mol. The highest BCUT2D eigenvalue weighted by molar-refractivity contribution is 8.04. The van der Waals surface area contributed by atoms with Crippen LogP contribution < -0.4 is 0 Å². The van der Waals surface area contributed by atoms with Crippen molar-refractivity contribution in [2.45, 2.75) is 37.5 Å². The zero-order valence-corrected chi connectivity index (χ0v) is 9.20. The van der Waals surface area contributed by atoms with Gasteiger partial charge < -0.3 is 0 Å². The Hall–Kier alpha value is -0.360. The molecular weight excluding hydrogens is 200 g/mol. The maximum atomic E-state index is 8.60. The van der Waals surface area contributed by atoms with E-state index in [1.165, 1.54) is 18.2 Å². The van der Waals surface area contributed by atoms with Gasteiger partial charge in [-0.25, -0.2) is 4.99 Å². The molecule has 1 rings (SSSR count). The van der Waals surface area contributed by atoms with Crippen molar-refractivity contribution >= 4 is 29.1 Å². The number of nitriles is 1. The second kappa shape index (κ2) is 5.39. The maximum absolute atomic E-state index is 8.60. The highest BCUT2D eigenvalue weighted by Crippen LogP contribution is 2.33. The molecule has 0 spiro atoms. The summed E-state index contributed by atoms with van der Waals surface area (Å²) in [6.45, 7) is 2.22. The fourth-order valence-electron chi connectivity index (χ4n) is 1.73. The van der Waals surface area contributed by atoms with Gasteiger partial charge in [-0.2, -0.15) is 5.26 Å². The summed E-state index contributed by atoms with van der Waals surface area (Å²) in [4.78, 5) is 4.13. The fraction of sp³-hybridized carbons (Fsp3) is 0.778. The molecule has 1 aliphatic carbocycles. The molecule has 13 heavy (non-hydrogen) atoms. The number of thiocarbonyl (C=S) groups is 1. The molecule has 0 N–H and O–H groups in total. The van der Waals surface area contributed by atoms with Gasteiger partial charge in [-0.05, 0) is 49.2 Å². The molecule has 0 aromatic heterocycles. The zero-order valence-electron chi connectivity index (χ0n) is 7.56. The van der Waals surface area contributed by atoms with Gasteiger partial charge in [0.15, 0.2) is 0 Å². The van der Waals surface area contributed by atoms with E-state index in [2.05, 4.69) is 34.7 Å². The number of rotatable bonds is 2. The third-order valence-corrected chi connectivity index (χ3v) is 3.50. The third-order valence-electron chi connectivity index (χ3n) is 2.44. The van der Waals surface area contributed by atoms with Crippen LogP contribution in [-0.2, 0) is 0 Å². The highest BCUT2D eigenvalue weighted by atomic mass is 32.2. The van der Waals surface area contributed by atoms with E-state index in [0.717, 1.165) is 12.8 Å². The smallest absolute Gasteiger partial charge is 0.133 e. The summed E-state index contributed by atoms with van der Waals surface area (Å²) in [5, 5.41) is 13.5. The van der Waals surface area contributed by atoms with Crippen molar-refractivity contribution < 1.29 is 0 Å². The van der Waals surface area contributed by atoms with Gasteiger partial charge in [-0.15, -0.1) is 0 Å². The Morgan fingerprint density at radius 1 is 1.54 bits per heavy atom. The number of hydrogen-bond acceptors (Lipinski definition) is 4. The first-order chi connectivity index (χ1) is 6.27. The SMILES string of the molecule is CC1CCC(SC#N)C(N=C=S)C1. The van der Waals surface area contributed by atoms with Crippen molar-refractivity contribution in [3.8, 4) is 5.40 Å². The molecule has 0 aromatic rings. The summed E-state index contributed by atoms with van der Waals surface area (Å²) in [5.41, 5.74) is 0. The predicted molar refractivity (Wildman–Crippen MR) is 58.8 cm³/mol. The standard InChI is InChI=1S/C9H12N2S2/c1-7-2-3-9(13-5-10)8(4-7)11-6-12/h7-9H,2-4H2,1H3. The van der Waals surface area contributed by atoms with Crippen LogP contribution in [0.3, 0.4) is 0 Å². The molecule has 0 aromatic carbocycles. The number of aliphatic imine (C=N–C) groups is 1. The van der Waals surface area contributed by atoms with Gasteiger partial charge in [0, 0.05) is 5.25 Å². The summed E-state index contributed by atoms with van der Waals surface area (Å²) in [7, 11) is 0.